The average molecular weight is 269 g/mol. The molecule has 0 amide bonds. The van der Waals surface area contributed by atoms with Crippen LogP contribution < -0.4 is 0 Å². The second-order valence-corrected chi connectivity index (χ2v) is 5.80. The fourth-order valence-electron chi connectivity index (χ4n) is 2.03. The number of carbonyl (C=O) groups excluding carboxylic acids is 1. The van der Waals surface area contributed by atoms with Gasteiger partial charge in [0.1, 0.15) is 6.10 Å². The standard InChI is InChI=1S/C17H19NO2/c1-17(2,3)15(13-8-5-4-6-9-13)20-16(19)14-10-7-11-18-12-14/h4-12,15H,1-3H3/t15-/m0/s1. The van der Waals surface area contributed by atoms with Crippen LogP contribution in [0.2, 0.25) is 0 Å². The summed E-state index contributed by atoms with van der Waals surface area (Å²) in [5.74, 6) is -0.345. The number of ether oxygens (including phenoxy) is 1. The van der Waals surface area contributed by atoms with Gasteiger partial charge < -0.3 is 4.74 Å². The molecule has 1 aromatic carbocycles. The molecule has 0 N–H and O–H groups in total. The van der Waals surface area contributed by atoms with Crippen molar-refractivity contribution in [2.24, 2.45) is 5.41 Å². The van der Waals surface area contributed by atoms with Crippen molar-refractivity contribution in [1.82, 2.24) is 4.98 Å². The van der Waals surface area contributed by atoms with Crippen molar-refractivity contribution >= 4 is 5.97 Å². The molecule has 104 valence electrons. The molecule has 3 heteroatoms. The molecule has 1 atom stereocenters. The molecule has 0 radical (unpaired) electrons. The maximum atomic E-state index is 12.2. The van der Waals surface area contributed by atoms with Gasteiger partial charge in [0.2, 0.25) is 0 Å². The van der Waals surface area contributed by atoms with Gasteiger partial charge in [0.25, 0.3) is 0 Å². The number of aromatic nitrogens is 1. The van der Waals surface area contributed by atoms with Crippen LogP contribution in [0.1, 0.15) is 42.8 Å². The van der Waals surface area contributed by atoms with E-state index >= 15 is 0 Å². The predicted octanol–water partition coefficient (Wildman–Crippen LogP) is 4.03. The van der Waals surface area contributed by atoms with Crippen molar-refractivity contribution < 1.29 is 9.53 Å². The van der Waals surface area contributed by atoms with E-state index in [0.717, 1.165) is 5.56 Å². The number of carbonyl (C=O) groups is 1. The van der Waals surface area contributed by atoms with E-state index in [0.29, 0.717) is 5.56 Å². The third-order valence-electron chi connectivity index (χ3n) is 3.01. The Labute approximate surface area is 119 Å². The Morgan fingerprint density at radius 1 is 1.10 bits per heavy atom. The van der Waals surface area contributed by atoms with E-state index in [1.54, 1.807) is 18.3 Å². The van der Waals surface area contributed by atoms with Crippen molar-refractivity contribution in [3.05, 3.63) is 66.0 Å². The molecule has 0 spiro atoms. The smallest absolute Gasteiger partial charge is 0.340 e. The van der Waals surface area contributed by atoms with E-state index in [2.05, 4.69) is 25.8 Å². The summed E-state index contributed by atoms with van der Waals surface area (Å²) in [4.78, 5) is 16.2. The van der Waals surface area contributed by atoms with Crippen LogP contribution >= 0.6 is 0 Å². The molecule has 0 saturated carbocycles. The molecule has 0 saturated heterocycles. The first-order valence-electron chi connectivity index (χ1n) is 6.64. The van der Waals surface area contributed by atoms with Crippen molar-refractivity contribution in [3.63, 3.8) is 0 Å². The van der Waals surface area contributed by atoms with Gasteiger partial charge in [0.05, 0.1) is 5.56 Å². The van der Waals surface area contributed by atoms with Gasteiger partial charge in [-0.2, -0.15) is 0 Å². The monoisotopic (exact) mass is 269 g/mol. The zero-order valence-electron chi connectivity index (χ0n) is 12.0. The molecule has 2 rings (SSSR count). The predicted molar refractivity (Wildman–Crippen MR) is 78.3 cm³/mol. The number of rotatable bonds is 3. The number of esters is 1. The fraction of sp³-hybridized carbons (Fsp3) is 0.294. The van der Waals surface area contributed by atoms with Gasteiger partial charge in [-0.15, -0.1) is 0 Å². The van der Waals surface area contributed by atoms with E-state index in [-0.39, 0.29) is 17.5 Å². The Balaban J connectivity index is 2.24. The van der Waals surface area contributed by atoms with Crippen LogP contribution in [0.3, 0.4) is 0 Å². The maximum Gasteiger partial charge on any atom is 0.340 e. The molecule has 0 aliphatic carbocycles. The lowest BCUT2D eigenvalue weighted by molar-refractivity contribution is -0.00398. The number of hydrogen-bond acceptors (Lipinski definition) is 3. The molecule has 1 heterocycles. The number of hydrogen-bond donors (Lipinski definition) is 0. The zero-order chi connectivity index (χ0) is 14.6. The van der Waals surface area contributed by atoms with E-state index in [1.807, 2.05) is 30.3 Å². The lowest BCUT2D eigenvalue weighted by Crippen LogP contribution is -2.24. The van der Waals surface area contributed by atoms with Crippen molar-refractivity contribution in [2.75, 3.05) is 0 Å². The molecule has 0 aliphatic rings. The second kappa shape index (κ2) is 5.87. The van der Waals surface area contributed by atoms with Gasteiger partial charge in [0.15, 0.2) is 0 Å². The number of benzene rings is 1. The summed E-state index contributed by atoms with van der Waals surface area (Å²) < 4.78 is 5.71. The molecule has 0 unspecified atom stereocenters. The van der Waals surface area contributed by atoms with Crippen molar-refractivity contribution in [2.45, 2.75) is 26.9 Å². The second-order valence-electron chi connectivity index (χ2n) is 5.80. The van der Waals surface area contributed by atoms with Crippen LogP contribution in [0.25, 0.3) is 0 Å². The van der Waals surface area contributed by atoms with Crippen molar-refractivity contribution in [3.8, 4) is 0 Å². The minimum absolute atomic E-state index is 0.181. The molecule has 2 aromatic rings. The number of pyridine rings is 1. The van der Waals surface area contributed by atoms with Gasteiger partial charge in [-0.1, -0.05) is 51.1 Å². The molecule has 0 fully saturated rings. The van der Waals surface area contributed by atoms with E-state index in [4.69, 9.17) is 4.74 Å². The first-order valence-corrected chi connectivity index (χ1v) is 6.64. The largest absolute Gasteiger partial charge is 0.453 e. The van der Waals surface area contributed by atoms with Gasteiger partial charge in [-0.25, -0.2) is 4.79 Å². The maximum absolute atomic E-state index is 12.2. The summed E-state index contributed by atoms with van der Waals surface area (Å²) in [5.41, 5.74) is 1.29. The summed E-state index contributed by atoms with van der Waals surface area (Å²) >= 11 is 0. The number of nitrogens with zero attached hydrogens (tertiary/aromatic N) is 1. The summed E-state index contributed by atoms with van der Waals surface area (Å²) in [6.07, 6.45) is 2.86. The molecule has 20 heavy (non-hydrogen) atoms. The molecule has 0 aliphatic heterocycles. The highest BCUT2D eigenvalue weighted by atomic mass is 16.5. The lowest BCUT2D eigenvalue weighted by atomic mass is 9.84. The van der Waals surface area contributed by atoms with Gasteiger partial charge in [-0.3, -0.25) is 4.98 Å². The molecular formula is C17H19NO2. The Morgan fingerprint density at radius 3 is 2.35 bits per heavy atom. The van der Waals surface area contributed by atoms with Gasteiger partial charge in [0, 0.05) is 17.8 Å². The van der Waals surface area contributed by atoms with Crippen LogP contribution in [0, 0.1) is 5.41 Å². The molecule has 3 nitrogen and oxygen atoms in total. The molecular weight excluding hydrogens is 250 g/mol. The van der Waals surface area contributed by atoms with E-state index < -0.39 is 0 Å². The third-order valence-corrected chi connectivity index (χ3v) is 3.01. The first kappa shape index (κ1) is 14.3. The van der Waals surface area contributed by atoms with E-state index in [1.165, 1.54) is 6.20 Å². The zero-order valence-corrected chi connectivity index (χ0v) is 12.0. The highest BCUT2D eigenvalue weighted by molar-refractivity contribution is 5.89. The Hall–Kier alpha value is -2.16. The Kier molecular flexibility index (Phi) is 4.18. The van der Waals surface area contributed by atoms with Crippen LogP contribution in [0.4, 0.5) is 0 Å². The summed E-state index contributed by atoms with van der Waals surface area (Å²) in [6, 6.07) is 13.2. The van der Waals surface area contributed by atoms with Gasteiger partial charge in [-0.05, 0) is 17.7 Å². The van der Waals surface area contributed by atoms with Crippen LogP contribution in [0.5, 0.6) is 0 Å². The molecule has 1 aromatic heterocycles. The van der Waals surface area contributed by atoms with Crippen LogP contribution in [0.15, 0.2) is 54.9 Å². The fourth-order valence-corrected chi connectivity index (χ4v) is 2.03. The summed E-state index contributed by atoms with van der Waals surface area (Å²) in [6.45, 7) is 6.17. The third kappa shape index (κ3) is 3.44. The highest BCUT2D eigenvalue weighted by Crippen LogP contribution is 2.36. The molecule has 0 bridgehead atoms. The quantitative estimate of drug-likeness (QED) is 0.790. The normalized spacial score (nSPS) is 12.8. The SMILES string of the molecule is CC(C)(C)[C@@H](OC(=O)c1cccnc1)c1ccccc1. The lowest BCUT2D eigenvalue weighted by Gasteiger charge is -2.30. The Morgan fingerprint density at radius 2 is 1.80 bits per heavy atom. The Bertz CT molecular complexity index is 559. The first-order chi connectivity index (χ1) is 9.48. The average Bonchev–Trinajstić information content (AvgIpc) is 2.45. The topological polar surface area (TPSA) is 39.2 Å². The summed E-state index contributed by atoms with van der Waals surface area (Å²) in [5, 5.41) is 0. The van der Waals surface area contributed by atoms with Crippen LogP contribution in [-0.2, 0) is 4.74 Å². The highest BCUT2D eigenvalue weighted by Gasteiger charge is 2.30. The van der Waals surface area contributed by atoms with Crippen molar-refractivity contribution in [1.29, 1.82) is 0 Å². The summed E-state index contributed by atoms with van der Waals surface area (Å²) in [7, 11) is 0. The minimum atomic E-state index is -0.345. The van der Waals surface area contributed by atoms with E-state index in [9.17, 15) is 4.79 Å². The minimum Gasteiger partial charge on any atom is -0.453 e. The van der Waals surface area contributed by atoms with Crippen LogP contribution in [-0.4, -0.2) is 11.0 Å². The van der Waals surface area contributed by atoms with Gasteiger partial charge >= 0.3 is 5.97 Å².